The minimum atomic E-state index is 0.758. The Morgan fingerprint density at radius 1 is 1.00 bits per heavy atom. The fraction of sp³-hybridized carbons (Fsp3) is 0.0909. The molecule has 0 N–H and O–H groups in total. The van der Waals surface area contributed by atoms with E-state index in [1.54, 1.807) is 12.4 Å². The van der Waals surface area contributed by atoms with E-state index < -0.39 is 0 Å². The zero-order chi connectivity index (χ0) is 9.97. The van der Waals surface area contributed by atoms with Gasteiger partial charge in [-0.2, -0.15) is 0 Å². The van der Waals surface area contributed by atoms with Crippen LogP contribution in [0.4, 0.5) is 0 Å². The first-order chi connectivity index (χ1) is 6.75. The summed E-state index contributed by atoms with van der Waals surface area (Å²) in [4.78, 5) is 8.40. The molecule has 2 nitrogen and oxygen atoms in total. The van der Waals surface area contributed by atoms with Crippen molar-refractivity contribution in [2.45, 2.75) is 6.92 Å². The second-order valence-corrected chi connectivity index (χ2v) is 3.90. The topological polar surface area (TPSA) is 25.8 Å². The predicted molar refractivity (Wildman–Crippen MR) is 59.9 cm³/mol. The van der Waals surface area contributed by atoms with Crippen molar-refractivity contribution in [3.8, 4) is 11.3 Å². The van der Waals surface area contributed by atoms with Crippen LogP contribution in [0.2, 0.25) is 0 Å². The van der Waals surface area contributed by atoms with Gasteiger partial charge in [0.15, 0.2) is 0 Å². The maximum Gasteiger partial charge on any atom is 0.124 e. The van der Waals surface area contributed by atoms with Gasteiger partial charge in [0, 0.05) is 5.56 Å². The fourth-order valence-corrected chi connectivity index (χ4v) is 1.39. The number of hydrogen-bond donors (Lipinski definition) is 0. The first-order valence-electron chi connectivity index (χ1n) is 4.30. The molecule has 0 spiro atoms. The molecule has 1 heterocycles. The molecule has 1 aromatic heterocycles. The van der Waals surface area contributed by atoms with Gasteiger partial charge in [0.2, 0.25) is 0 Å². The van der Waals surface area contributed by atoms with Crippen LogP contribution in [0.25, 0.3) is 11.3 Å². The molecule has 1 aromatic carbocycles. The first kappa shape index (κ1) is 9.34. The number of benzene rings is 1. The van der Waals surface area contributed by atoms with Crippen LogP contribution in [0.15, 0.2) is 41.3 Å². The average Bonchev–Trinajstić information content (AvgIpc) is 2.21. The first-order valence-corrected chi connectivity index (χ1v) is 5.09. The maximum absolute atomic E-state index is 4.27. The zero-order valence-corrected chi connectivity index (χ0v) is 9.32. The normalized spacial score (nSPS) is 10.1. The Balaban J connectivity index is 2.40. The summed E-state index contributed by atoms with van der Waals surface area (Å²) in [7, 11) is 0. The van der Waals surface area contributed by atoms with Gasteiger partial charge in [-0.15, -0.1) is 0 Å². The summed E-state index contributed by atoms with van der Waals surface area (Å²) in [6.45, 7) is 2.07. The maximum atomic E-state index is 4.27. The lowest BCUT2D eigenvalue weighted by Gasteiger charge is -2.00. The van der Waals surface area contributed by atoms with Crippen LogP contribution in [0, 0.1) is 6.92 Å². The Morgan fingerprint density at radius 3 is 2.29 bits per heavy atom. The molecule has 0 radical (unpaired) electrons. The molecule has 0 amide bonds. The van der Waals surface area contributed by atoms with Crippen molar-refractivity contribution >= 4 is 15.9 Å². The monoisotopic (exact) mass is 248 g/mol. The van der Waals surface area contributed by atoms with Crippen LogP contribution >= 0.6 is 15.9 Å². The fourth-order valence-electron chi connectivity index (χ4n) is 1.19. The quantitative estimate of drug-likeness (QED) is 0.775. The van der Waals surface area contributed by atoms with E-state index in [0.29, 0.717) is 0 Å². The molecular weight excluding hydrogens is 240 g/mol. The third kappa shape index (κ3) is 1.99. The lowest BCUT2D eigenvalue weighted by Crippen LogP contribution is -1.85. The van der Waals surface area contributed by atoms with Gasteiger partial charge < -0.3 is 0 Å². The third-order valence-electron chi connectivity index (χ3n) is 1.97. The van der Waals surface area contributed by atoms with Crippen molar-refractivity contribution < 1.29 is 0 Å². The van der Waals surface area contributed by atoms with E-state index in [1.165, 1.54) is 5.56 Å². The van der Waals surface area contributed by atoms with E-state index in [9.17, 15) is 0 Å². The highest BCUT2D eigenvalue weighted by molar-refractivity contribution is 9.10. The summed E-state index contributed by atoms with van der Waals surface area (Å²) < 4.78 is 0.758. The zero-order valence-electron chi connectivity index (χ0n) is 7.74. The molecule has 0 aliphatic carbocycles. The van der Waals surface area contributed by atoms with Gasteiger partial charge in [-0.05, 0) is 22.9 Å². The molecule has 0 saturated heterocycles. The number of halogens is 1. The van der Waals surface area contributed by atoms with Gasteiger partial charge in [0.05, 0.1) is 18.1 Å². The lowest BCUT2D eigenvalue weighted by atomic mass is 10.1. The predicted octanol–water partition coefficient (Wildman–Crippen LogP) is 3.21. The van der Waals surface area contributed by atoms with E-state index in [4.69, 9.17) is 0 Å². The largest absolute Gasteiger partial charge is 0.252 e. The molecule has 0 fully saturated rings. The van der Waals surface area contributed by atoms with E-state index in [1.807, 2.05) is 12.1 Å². The van der Waals surface area contributed by atoms with Gasteiger partial charge in [0.25, 0.3) is 0 Å². The Kier molecular flexibility index (Phi) is 2.59. The molecular formula is C11H9BrN2. The van der Waals surface area contributed by atoms with Gasteiger partial charge in [-0.3, -0.25) is 4.98 Å². The molecule has 0 saturated carbocycles. The molecule has 70 valence electrons. The van der Waals surface area contributed by atoms with Crippen LogP contribution in [-0.4, -0.2) is 9.97 Å². The van der Waals surface area contributed by atoms with E-state index >= 15 is 0 Å². The smallest absolute Gasteiger partial charge is 0.124 e. The molecule has 0 unspecified atom stereocenters. The van der Waals surface area contributed by atoms with Crippen LogP contribution in [0.5, 0.6) is 0 Å². The second-order valence-electron chi connectivity index (χ2n) is 3.09. The summed E-state index contributed by atoms with van der Waals surface area (Å²) in [5, 5.41) is 0. The van der Waals surface area contributed by atoms with Crippen molar-refractivity contribution in [2.75, 3.05) is 0 Å². The highest BCUT2D eigenvalue weighted by Gasteiger charge is 1.98. The minimum Gasteiger partial charge on any atom is -0.252 e. The SMILES string of the molecule is Cc1ccc(-c2cnc(Br)cn2)cc1. The van der Waals surface area contributed by atoms with Gasteiger partial charge in [-0.1, -0.05) is 29.8 Å². The Labute approximate surface area is 91.2 Å². The lowest BCUT2D eigenvalue weighted by molar-refractivity contribution is 1.17. The standard InChI is InChI=1S/C11H9BrN2/c1-8-2-4-9(5-3-8)10-6-14-11(12)7-13-10/h2-7H,1H3. The summed E-state index contributed by atoms with van der Waals surface area (Å²) in [5.41, 5.74) is 3.24. The molecule has 14 heavy (non-hydrogen) atoms. The van der Waals surface area contributed by atoms with Crippen molar-refractivity contribution in [3.63, 3.8) is 0 Å². The minimum absolute atomic E-state index is 0.758. The molecule has 2 aromatic rings. The molecule has 3 heteroatoms. The highest BCUT2D eigenvalue weighted by Crippen LogP contribution is 2.17. The van der Waals surface area contributed by atoms with E-state index in [0.717, 1.165) is 15.9 Å². The van der Waals surface area contributed by atoms with Crippen molar-refractivity contribution in [2.24, 2.45) is 0 Å². The average molecular weight is 249 g/mol. The molecule has 0 aliphatic heterocycles. The van der Waals surface area contributed by atoms with Gasteiger partial charge in [-0.25, -0.2) is 4.98 Å². The van der Waals surface area contributed by atoms with Crippen molar-refractivity contribution in [1.82, 2.24) is 9.97 Å². The summed E-state index contributed by atoms with van der Waals surface area (Å²) in [5.74, 6) is 0. The molecule has 2 rings (SSSR count). The summed E-state index contributed by atoms with van der Waals surface area (Å²) >= 11 is 3.26. The van der Waals surface area contributed by atoms with E-state index in [-0.39, 0.29) is 0 Å². The van der Waals surface area contributed by atoms with Crippen molar-refractivity contribution in [1.29, 1.82) is 0 Å². The molecule has 0 aliphatic rings. The number of aromatic nitrogens is 2. The third-order valence-corrected chi connectivity index (χ3v) is 2.38. The Hall–Kier alpha value is -1.22. The van der Waals surface area contributed by atoms with Gasteiger partial charge in [0.1, 0.15) is 4.60 Å². The number of nitrogens with zero attached hydrogens (tertiary/aromatic N) is 2. The molecule has 0 atom stereocenters. The Morgan fingerprint density at radius 2 is 1.71 bits per heavy atom. The number of rotatable bonds is 1. The highest BCUT2D eigenvalue weighted by atomic mass is 79.9. The van der Waals surface area contributed by atoms with Crippen LogP contribution in [0.1, 0.15) is 5.56 Å². The summed E-state index contributed by atoms with van der Waals surface area (Å²) in [6, 6.07) is 8.23. The van der Waals surface area contributed by atoms with E-state index in [2.05, 4.69) is 45.0 Å². The Bertz CT molecular complexity index is 377. The van der Waals surface area contributed by atoms with Crippen LogP contribution in [0.3, 0.4) is 0 Å². The molecule has 0 bridgehead atoms. The van der Waals surface area contributed by atoms with Crippen LogP contribution < -0.4 is 0 Å². The van der Waals surface area contributed by atoms with Gasteiger partial charge >= 0.3 is 0 Å². The van der Waals surface area contributed by atoms with Crippen LogP contribution in [-0.2, 0) is 0 Å². The second kappa shape index (κ2) is 3.88. The number of aryl methyl sites for hydroxylation is 1. The summed E-state index contributed by atoms with van der Waals surface area (Å²) in [6.07, 6.45) is 3.46. The van der Waals surface area contributed by atoms with Crippen molar-refractivity contribution in [3.05, 3.63) is 46.8 Å². The number of hydrogen-bond acceptors (Lipinski definition) is 2.